The van der Waals surface area contributed by atoms with Gasteiger partial charge in [-0.15, -0.1) is 0 Å². The smallest absolute Gasteiger partial charge is 0.223 e. The number of nitrogens with zero attached hydrogens (tertiary/aromatic N) is 2. The van der Waals surface area contributed by atoms with Gasteiger partial charge in [-0.3, -0.25) is 0 Å². The molecule has 1 N–H and O–H groups in total. The van der Waals surface area contributed by atoms with Gasteiger partial charge in [0.05, 0.1) is 9.37 Å². The molecule has 0 fully saturated rings. The zero-order valence-electron chi connectivity index (χ0n) is 10.7. The highest BCUT2D eigenvalue weighted by Crippen LogP contribution is 2.33. The highest BCUT2D eigenvalue weighted by atomic mass is 79.9. The number of hydrogen-bond acceptors (Lipinski definition) is 4. The summed E-state index contributed by atoms with van der Waals surface area (Å²) in [5.74, 6) is -0.497. The second-order valence-electron chi connectivity index (χ2n) is 3.95. The molecule has 0 amide bonds. The van der Waals surface area contributed by atoms with E-state index in [1.165, 1.54) is 0 Å². The molecule has 0 radical (unpaired) electrons. The van der Waals surface area contributed by atoms with Crippen molar-refractivity contribution in [2.24, 2.45) is 0 Å². The maximum Gasteiger partial charge on any atom is 0.223 e. The maximum absolute atomic E-state index is 13.6. The SMILES string of the molecule is CCCNc1ncc(Br)c(Sc2cc(F)ccc2F)n1. The molecule has 1 aromatic carbocycles. The van der Waals surface area contributed by atoms with Crippen LogP contribution in [0.1, 0.15) is 13.3 Å². The standard InChI is InChI=1S/C13H12BrF2N3S/c1-2-5-17-13-18-7-9(14)12(19-13)20-11-6-8(15)3-4-10(11)16/h3-4,6-7H,2,5H2,1H3,(H,17,18,19). The summed E-state index contributed by atoms with van der Waals surface area (Å²) in [4.78, 5) is 8.57. The Morgan fingerprint density at radius 1 is 1.35 bits per heavy atom. The fourth-order valence-electron chi connectivity index (χ4n) is 1.40. The predicted molar refractivity (Wildman–Crippen MR) is 79.0 cm³/mol. The van der Waals surface area contributed by atoms with E-state index in [0.717, 1.165) is 42.9 Å². The topological polar surface area (TPSA) is 37.8 Å². The lowest BCUT2D eigenvalue weighted by molar-refractivity contribution is 0.577. The Kier molecular flexibility index (Phi) is 5.31. The van der Waals surface area contributed by atoms with Crippen LogP contribution in [-0.4, -0.2) is 16.5 Å². The lowest BCUT2D eigenvalue weighted by Crippen LogP contribution is -2.04. The van der Waals surface area contributed by atoms with Crippen LogP contribution in [0.15, 0.2) is 38.8 Å². The molecule has 0 unspecified atom stereocenters. The molecule has 0 bridgehead atoms. The number of benzene rings is 1. The van der Waals surface area contributed by atoms with Crippen LogP contribution in [-0.2, 0) is 0 Å². The van der Waals surface area contributed by atoms with E-state index in [2.05, 4.69) is 31.2 Å². The number of anilines is 1. The van der Waals surface area contributed by atoms with Gasteiger partial charge < -0.3 is 5.32 Å². The minimum absolute atomic E-state index is 0.186. The minimum atomic E-state index is -0.483. The monoisotopic (exact) mass is 359 g/mol. The molecule has 0 atom stereocenters. The zero-order valence-corrected chi connectivity index (χ0v) is 13.1. The van der Waals surface area contributed by atoms with Crippen molar-refractivity contribution < 1.29 is 8.78 Å². The van der Waals surface area contributed by atoms with Crippen LogP contribution in [0.4, 0.5) is 14.7 Å². The molecule has 20 heavy (non-hydrogen) atoms. The average Bonchev–Trinajstić information content (AvgIpc) is 2.43. The van der Waals surface area contributed by atoms with E-state index in [-0.39, 0.29) is 4.90 Å². The van der Waals surface area contributed by atoms with Gasteiger partial charge in [0.2, 0.25) is 5.95 Å². The normalized spacial score (nSPS) is 10.6. The van der Waals surface area contributed by atoms with Gasteiger partial charge in [-0.25, -0.2) is 18.7 Å². The second kappa shape index (κ2) is 6.99. The fraction of sp³-hybridized carbons (Fsp3) is 0.231. The number of aromatic nitrogens is 2. The van der Waals surface area contributed by atoms with E-state index < -0.39 is 11.6 Å². The largest absolute Gasteiger partial charge is 0.354 e. The Morgan fingerprint density at radius 3 is 2.90 bits per heavy atom. The maximum atomic E-state index is 13.6. The van der Waals surface area contributed by atoms with Crippen molar-refractivity contribution in [1.29, 1.82) is 0 Å². The number of hydrogen-bond donors (Lipinski definition) is 1. The molecule has 2 rings (SSSR count). The fourth-order valence-corrected chi connectivity index (χ4v) is 2.67. The van der Waals surface area contributed by atoms with Crippen molar-refractivity contribution in [3.63, 3.8) is 0 Å². The highest BCUT2D eigenvalue weighted by molar-refractivity contribution is 9.10. The summed E-state index contributed by atoms with van der Waals surface area (Å²) in [6.07, 6.45) is 2.53. The summed E-state index contributed by atoms with van der Waals surface area (Å²) in [5.41, 5.74) is 0. The molecule has 3 nitrogen and oxygen atoms in total. The summed E-state index contributed by atoms with van der Waals surface area (Å²) in [5, 5.41) is 3.58. The van der Waals surface area contributed by atoms with Crippen molar-refractivity contribution in [3.8, 4) is 0 Å². The van der Waals surface area contributed by atoms with E-state index in [9.17, 15) is 8.78 Å². The van der Waals surface area contributed by atoms with Crippen LogP contribution in [0.2, 0.25) is 0 Å². The molecule has 1 heterocycles. The van der Waals surface area contributed by atoms with Crippen molar-refractivity contribution in [3.05, 3.63) is 40.5 Å². The first-order chi connectivity index (χ1) is 9.60. The number of rotatable bonds is 5. The van der Waals surface area contributed by atoms with E-state index in [0.29, 0.717) is 15.4 Å². The number of halogens is 3. The summed E-state index contributed by atoms with van der Waals surface area (Å²) >= 11 is 4.36. The van der Waals surface area contributed by atoms with E-state index in [4.69, 9.17) is 0 Å². The van der Waals surface area contributed by atoms with E-state index >= 15 is 0 Å². The first kappa shape index (κ1) is 15.2. The van der Waals surface area contributed by atoms with Crippen LogP contribution in [0.25, 0.3) is 0 Å². The van der Waals surface area contributed by atoms with Gasteiger partial charge in [-0.05, 0) is 40.5 Å². The van der Waals surface area contributed by atoms with Crippen LogP contribution in [0.5, 0.6) is 0 Å². The minimum Gasteiger partial charge on any atom is -0.354 e. The van der Waals surface area contributed by atoms with Gasteiger partial charge in [0, 0.05) is 12.7 Å². The van der Waals surface area contributed by atoms with Crippen molar-refractivity contribution in [2.75, 3.05) is 11.9 Å². The molecule has 0 aliphatic heterocycles. The summed E-state index contributed by atoms with van der Waals surface area (Å²) in [6.45, 7) is 2.78. The molecule has 0 aliphatic carbocycles. The lowest BCUT2D eigenvalue weighted by atomic mass is 10.3. The molecule has 2 aromatic rings. The molecule has 1 aromatic heterocycles. The lowest BCUT2D eigenvalue weighted by Gasteiger charge is -2.08. The highest BCUT2D eigenvalue weighted by Gasteiger charge is 2.11. The Morgan fingerprint density at radius 2 is 2.15 bits per heavy atom. The third kappa shape index (κ3) is 3.89. The second-order valence-corrected chi connectivity index (χ2v) is 5.84. The van der Waals surface area contributed by atoms with Gasteiger partial charge in [-0.1, -0.05) is 18.7 Å². The predicted octanol–water partition coefficient (Wildman–Crippen LogP) is 4.49. The Labute approximate surface area is 128 Å². The third-order valence-corrected chi connectivity index (χ3v) is 4.23. The molecule has 7 heteroatoms. The molecule has 0 saturated carbocycles. The van der Waals surface area contributed by atoms with Gasteiger partial charge in [-0.2, -0.15) is 0 Å². The van der Waals surface area contributed by atoms with Gasteiger partial charge >= 0.3 is 0 Å². The first-order valence-corrected chi connectivity index (χ1v) is 7.60. The van der Waals surface area contributed by atoms with Crippen molar-refractivity contribution in [1.82, 2.24) is 9.97 Å². The quantitative estimate of drug-likeness (QED) is 0.798. The summed E-state index contributed by atoms with van der Waals surface area (Å²) in [7, 11) is 0. The van der Waals surface area contributed by atoms with Gasteiger partial charge in [0.25, 0.3) is 0 Å². The summed E-state index contributed by atoms with van der Waals surface area (Å²) < 4.78 is 27.4. The Bertz CT molecular complexity index is 610. The number of nitrogens with one attached hydrogen (secondary N) is 1. The van der Waals surface area contributed by atoms with E-state index in [1.54, 1.807) is 6.20 Å². The Hall–Kier alpha value is -1.21. The molecule has 0 saturated heterocycles. The van der Waals surface area contributed by atoms with Crippen LogP contribution in [0, 0.1) is 11.6 Å². The Balaban J connectivity index is 2.25. The summed E-state index contributed by atoms with van der Waals surface area (Å²) in [6, 6.07) is 3.33. The molecule has 0 spiro atoms. The molecule has 106 valence electrons. The van der Waals surface area contributed by atoms with Crippen LogP contribution >= 0.6 is 27.7 Å². The van der Waals surface area contributed by atoms with Gasteiger partial charge in [0.1, 0.15) is 16.7 Å². The van der Waals surface area contributed by atoms with Crippen LogP contribution in [0.3, 0.4) is 0 Å². The third-order valence-electron chi connectivity index (χ3n) is 2.34. The molecule has 0 aliphatic rings. The van der Waals surface area contributed by atoms with Crippen LogP contribution < -0.4 is 5.32 Å². The van der Waals surface area contributed by atoms with E-state index in [1.807, 2.05) is 6.92 Å². The average molecular weight is 360 g/mol. The first-order valence-electron chi connectivity index (χ1n) is 5.99. The van der Waals surface area contributed by atoms with Gasteiger partial charge in [0.15, 0.2) is 0 Å². The van der Waals surface area contributed by atoms with Crippen molar-refractivity contribution in [2.45, 2.75) is 23.3 Å². The molecular formula is C13H12BrF2N3S. The zero-order chi connectivity index (χ0) is 14.5. The van der Waals surface area contributed by atoms with Crippen molar-refractivity contribution >= 4 is 33.6 Å². The molecular weight excluding hydrogens is 348 g/mol.